The first-order valence-corrected chi connectivity index (χ1v) is 10.0. The predicted octanol–water partition coefficient (Wildman–Crippen LogP) is 1.42. The number of β-amino-alcohol motifs (C(OH)–C–C–N with tert-alkyl or cyclic N) is 1. The van der Waals surface area contributed by atoms with E-state index < -0.39 is 5.60 Å². The number of nitrogens with zero attached hydrogens (tertiary/aromatic N) is 1. The van der Waals surface area contributed by atoms with E-state index >= 15 is 0 Å². The molecule has 5 heteroatoms. The van der Waals surface area contributed by atoms with Crippen LogP contribution < -0.4 is 4.46 Å². The minimum atomic E-state index is -1.48. The summed E-state index contributed by atoms with van der Waals surface area (Å²) < 4.78 is 8.03. The molecule has 0 spiro atoms. The monoisotopic (exact) mass is 401 g/mol. The molecule has 0 bridgehead atoms. The number of β-lactam (4-membered cyclic amide) rings is 1. The van der Waals surface area contributed by atoms with Crippen LogP contribution in [0.3, 0.4) is 0 Å². The third-order valence-corrected chi connectivity index (χ3v) is 6.87. The molecule has 0 aromatic heterocycles. The van der Waals surface area contributed by atoms with Crippen molar-refractivity contribution in [2.45, 2.75) is 18.6 Å². The van der Waals surface area contributed by atoms with Gasteiger partial charge in [0.15, 0.2) is 0 Å². The number of hydrogen-bond acceptors (Lipinski definition) is 3. The Bertz CT molecular complexity index is 806. The van der Waals surface area contributed by atoms with Crippen LogP contribution in [0.15, 0.2) is 70.9 Å². The molecule has 1 atom stereocenters. The van der Waals surface area contributed by atoms with Crippen LogP contribution in [0, 0.1) is 0 Å². The van der Waals surface area contributed by atoms with E-state index in [1.165, 1.54) is 4.46 Å². The van der Waals surface area contributed by atoms with Crippen molar-refractivity contribution in [3.8, 4) is 0 Å². The van der Waals surface area contributed by atoms with Crippen LogP contribution in [-0.2, 0) is 16.1 Å². The Kier molecular flexibility index (Phi) is 4.38. The van der Waals surface area contributed by atoms with Crippen LogP contribution in [-0.4, -0.2) is 49.6 Å². The van der Waals surface area contributed by atoms with Crippen LogP contribution in [0.25, 0.3) is 0 Å². The Morgan fingerprint density at radius 2 is 1.76 bits per heavy atom. The van der Waals surface area contributed by atoms with Crippen molar-refractivity contribution in [1.29, 1.82) is 0 Å². The Labute approximate surface area is 153 Å². The molecule has 2 heterocycles. The van der Waals surface area contributed by atoms with Gasteiger partial charge in [-0.05, 0) is 0 Å². The van der Waals surface area contributed by atoms with Gasteiger partial charge in [0.05, 0.1) is 0 Å². The summed E-state index contributed by atoms with van der Waals surface area (Å²) in [5, 5.41) is 10.9. The predicted molar refractivity (Wildman–Crippen MR) is 96.2 cm³/mol. The fourth-order valence-corrected chi connectivity index (χ4v) is 5.48. The van der Waals surface area contributed by atoms with Crippen LogP contribution in [0.1, 0.15) is 12.0 Å². The number of carbonyl (C=O) groups excluding carboxylic acids is 1. The van der Waals surface area contributed by atoms with E-state index in [0.717, 1.165) is 16.5 Å². The first kappa shape index (κ1) is 16.4. The number of rotatable bonds is 5. The minimum absolute atomic E-state index is 0.0724. The van der Waals surface area contributed by atoms with E-state index in [0.29, 0.717) is 25.5 Å². The maximum atomic E-state index is 12.6. The van der Waals surface area contributed by atoms with Gasteiger partial charge in [-0.2, -0.15) is 0 Å². The van der Waals surface area contributed by atoms with Gasteiger partial charge < -0.3 is 0 Å². The quantitative estimate of drug-likeness (QED) is 0.610. The molecule has 0 saturated carbocycles. The molecular weight excluding hydrogens is 381 g/mol. The first-order chi connectivity index (χ1) is 12.2. The van der Waals surface area contributed by atoms with Gasteiger partial charge in [0, 0.05) is 0 Å². The molecule has 1 fully saturated rings. The standard InChI is InChI=1S/C20H19NO3Se/c22-19-20(23,14-21(19)13-15-7-3-1-4-8-15)18-17(11-12-24-18)25-16-9-5-2-6-10-16/h1-10,23H,11-14H2. The number of amides is 1. The fourth-order valence-electron chi connectivity index (χ4n) is 3.20. The van der Waals surface area contributed by atoms with Crippen molar-refractivity contribution in [3.63, 3.8) is 0 Å². The van der Waals surface area contributed by atoms with Crippen LogP contribution in [0.2, 0.25) is 0 Å². The van der Waals surface area contributed by atoms with Crippen LogP contribution in [0.5, 0.6) is 0 Å². The number of hydrogen-bond donors (Lipinski definition) is 1. The third kappa shape index (κ3) is 3.11. The van der Waals surface area contributed by atoms with Crippen molar-refractivity contribution in [1.82, 2.24) is 4.90 Å². The number of ether oxygens (including phenoxy) is 1. The van der Waals surface area contributed by atoms with Gasteiger partial charge in [-0.3, -0.25) is 0 Å². The van der Waals surface area contributed by atoms with E-state index in [1.54, 1.807) is 4.90 Å². The molecule has 4 nitrogen and oxygen atoms in total. The molecule has 0 radical (unpaired) electrons. The summed E-state index contributed by atoms with van der Waals surface area (Å²) in [6.45, 7) is 1.37. The molecule has 2 aliphatic rings. The first-order valence-electron chi connectivity index (χ1n) is 8.32. The van der Waals surface area contributed by atoms with Gasteiger partial charge in [-0.25, -0.2) is 0 Å². The van der Waals surface area contributed by atoms with Crippen LogP contribution >= 0.6 is 0 Å². The Balaban J connectivity index is 1.50. The molecule has 1 saturated heterocycles. The van der Waals surface area contributed by atoms with E-state index in [4.69, 9.17) is 4.74 Å². The van der Waals surface area contributed by atoms with Gasteiger partial charge in [0.25, 0.3) is 0 Å². The number of likely N-dealkylation sites (tertiary alicyclic amines) is 1. The van der Waals surface area contributed by atoms with Gasteiger partial charge in [0.1, 0.15) is 0 Å². The Morgan fingerprint density at radius 3 is 2.44 bits per heavy atom. The van der Waals surface area contributed by atoms with Crippen molar-refractivity contribution in [2.75, 3.05) is 13.2 Å². The Hall–Kier alpha value is -2.07. The maximum absolute atomic E-state index is 12.6. The van der Waals surface area contributed by atoms with E-state index in [2.05, 4.69) is 12.1 Å². The molecule has 2 aromatic rings. The summed E-state index contributed by atoms with van der Waals surface area (Å²) in [4.78, 5) is 14.3. The third-order valence-electron chi connectivity index (χ3n) is 4.47. The molecule has 128 valence electrons. The normalized spacial score (nSPS) is 22.8. The SMILES string of the molecule is O=C1N(Cc2ccccc2)CC1(O)C1=C([Se]c2ccccc2)CCO1. The summed E-state index contributed by atoms with van der Waals surface area (Å²) in [5.74, 6) is 0.250. The second-order valence-electron chi connectivity index (χ2n) is 6.27. The number of carbonyl (C=O) groups is 1. The molecule has 1 amide bonds. The average molecular weight is 400 g/mol. The molecule has 2 aromatic carbocycles. The molecule has 1 N–H and O–H groups in total. The topological polar surface area (TPSA) is 49.8 Å². The van der Waals surface area contributed by atoms with E-state index in [-0.39, 0.29) is 20.9 Å². The molecule has 4 rings (SSSR count). The molecular formula is C20H19NO3Se. The van der Waals surface area contributed by atoms with Crippen molar-refractivity contribution >= 4 is 25.3 Å². The average Bonchev–Trinajstić information content (AvgIpc) is 3.11. The zero-order chi connectivity index (χ0) is 17.3. The van der Waals surface area contributed by atoms with Gasteiger partial charge in [-0.1, -0.05) is 0 Å². The van der Waals surface area contributed by atoms with Gasteiger partial charge in [-0.15, -0.1) is 0 Å². The molecule has 1 unspecified atom stereocenters. The summed E-state index contributed by atoms with van der Waals surface area (Å²) >= 11 is 0.0724. The zero-order valence-electron chi connectivity index (χ0n) is 13.7. The van der Waals surface area contributed by atoms with Gasteiger partial charge in [0.2, 0.25) is 0 Å². The van der Waals surface area contributed by atoms with Crippen molar-refractivity contribution in [2.24, 2.45) is 0 Å². The Morgan fingerprint density at radius 1 is 1.08 bits per heavy atom. The van der Waals surface area contributed by atoms with Crippen molar-refractivity contribution in [3.05, 3.63) is 76.5 Å². The van der Waals surface area contributed by atoms with Crippen molar-refractivity contribution < 1.29 is 14.6 Å². The summed E-state index contributed by atoms with van der Waals surface area (Å²) in [5.41, 5.74) is -0.412. The summed E-state index contributed by atoms with van der Waals surface area (Å²) in [7, 11) is 0. The second-order valence-corrected chi connectivity index (χ2v) is 8.72. The summed E-state index contributed by atoms with van der Waals surface area (Å²) in [6, 6.07) is 20.0. The summed E-state index contributed by atoms with van der Waals surface area (Å²) in [6.07, 6.45) is 0.790. The zero-order valence-corrected chi connectivity index (χ0v) is 15.4. The van der Waals surface area contributed by atoms with E-state index in [9.17, 15) is 9.90 Å². The number of aliphatic hydroxyl groups is 1. The molecule has 2 aliphatic heterocycles. The second kappa shape index (κ2) is 6.68. The molecule has 0 aliphatic carbocycles. The van der Waals surface area contributed by atoms with E-state index in [1.807, 2.05) is 48.5 Å². The molecule has 25 heavy (non-hydrogen) atoms. The number of benzene rings is 2. The van der Waals surface area contributed by atoms with Gasteiger partial charge >= 0.3 is 153 Å². The fraction of sp³-hybridized carbons (Fsp3) is 0.250. The van der Waals surface area contributed by atoms with Crippen LogP contribution in [0.4, 0.5) is 0 Å².